The minimum Gasteiger partial charge on any atom is -0.356 e. The van der Waals surface area contributed by atoms with Crippen molar-refractivity contribution in [1.82, 2.24) is 5.16 Å². The Morgan fingerprint density at radius 3 is 2.85 bits per heavy atom. The topological polar surface area (TPSA) is 101 Å². The lowest BCUT2D eigenvalue weighted by molar-refractivity contribution is -0.115. The van der Waals surface area contributed by atoms with Gasteiger partial charge in [-0.3, -0.25) is 9.52 Å². The monoisotopic (exact) mass is 401 g/mol. The van der Waals surface area contributed by atoms with Gasteiger partial charge in [-0.2, -0.15) is 0 Å². The molecule has 0 unspecified atom stereocenters. The molecule has 1 aliphatic heterocycles. The van der Waals surface area contributed by atoms with Crippen molar-refractivity contribution in [3.05, 3.63) is 54.7 Å². The first-order valence-corrected chi connectivity index (χ1v) is 10.6. The zero-order chi connectivity index (χ0) is 18.9. The predicted molar refractivity (Wildman–Crippen MR) is 103 cm³/mol. The number of hydrogen-bond donors (Lipinski definition) is 2. The van der Waals surface area contributed by atoms with Crippen LogP contribution in [0.25, 0.3) is 11.3 Å². The fourth-order valence-corrected chi connectivity index (χ4v) is 4.69. The first-order valence-electron chi connectivity index (χ1n) is 8.12. The number of benzene rings is 2. The van der Waals surface area contributed by atoms with Crippen molar-refractivity contribution in [2.75, 3.05) is 15.8 Å². The van der Waals surface area contributed by atoms with Crippen LogP contribution in [0.1, 0.15) is 6.42 Å². The number of nitrogens with zero attached hydrogens (tertiary/aromatic N) is 1. The maximum Gasteiger partial charge on any atom is 0.261 e. The number of anilines is 2. The lowest BCUT2D eigenvalue weighted by Crippen LogP contribution is -2.14. The van der Waals surface area contributed by atoms with Crippen LogP contribution in [0.5, 0.6) is 0 Å². The van der Waals surface area contributed by atoms with Crippen molar-refractivity contribution in [2.24, 2.45) is 0 Å². The number of nitrogens with one attached hydrogen (secondary N) is 2. The number of rotatable bonds is 4. The summed E-state index contributed by atoms with van der Waals surface area (Å²) < 4.78 is 33.2. The summed E-state index contributed by atoms with van der Waals surface area (Å²) in [4.78, 5) is 12.7. The molecule has 1 aliphatic rings. The number of fused-ring (bicyclic) bond motifs is 1. The second-order valence-electron chi connectivity index (χ2n) is 5.87. The Hall–Kier alpha value is -2.78. The molecule has 0 spiro atoms. The van der Waals surface area contributed by atoms with Crippen LogP contribution in [0.2, 0.25) is 0 Å². The molecule has 0 fully saturated rings. The molecule has 2 aromatic carbocycles. The van der Waals surface area contributed by atoms with E-state index >= 15 is 0 Å². The van der Waals surface area contributed by atoms with Gasteiger partial charge in [0.2, 0.25) is 5.91 Å². The van der Waals surface area contributed by atoms with Crippen LogP contribution >= 0.6 is 11.8 Å². The molecule has 138 valence electrons. The van der Waals surface area contributed by atoms with Crippen LogP contribution < -0.4 is 10.0 Å². The number of aromatic nitrogens is 1. The van der Waals surface area contributed by atoms with Gasteiger partial charge in [0.1, 0.15) is 0 Å². The molecule has 7 nitrogen and oxygen atoms in total. The van der Waals surface area contributed by atoms with Crippen LogP contribution in [0, 0.1) is 0 Å². The summed E-state index contributed by atoms with van der Waals surface area (Å²) in [5, 5.41) is 6.41. The van der Waals surface area contributed by atoms with E-state index < -0.39 is 10.0 Å². The fourth-order valence-electron chi connectivity index (χ4n) is 2.68. The number of thioether (sulfide) groups is 1. The van der Waals surface area contributed by atoms with Crippen LogP contribution in [0.3, 0.4) is 0 Å². The number of hydrogen-bond acceptors (Lipinski definition) is 6. The maximum absolute atomic E-state index is 12.8. The normalized spacial score (nSPS) is 14.1. The quantitative estimate of drug-likeness (QED) is 0.693. The SMILES string of the molecule is O=C1CCSc2ccc(S(=O)(=O)Nc3cccc(-c4ccno4)c3)cc2N1. The Morgan fingerprint density at radius 1 is 1.15 bits per heavy atom. The third-order valence-corrected chi connectivity index (χ3v) is 6.41. The second kappa shape index (κ2) is 7.09. The highest BCUT2D eigenvalue weighted by atomic mass is 32.2. The largest absolute Gasteiger partial charge is 0.356 e. The summed E-state index contributed by atoms with van der Waals surface area (Å²) in [6, 6.07) is 13.3. The van der Waals surface area contributed by atoms with Crippen molar-refractivity contribution in [3.63, 3.8) is 0 Å². The van der Waals surface area contributed by atoms with E-state index in [9.17, 15) is 13.2 Å². The van der Waals surface area contributed by atoms with E-state index in [4.69, 9.17) is 4.52 Å². The van der Waals surface area contributed by atoms with Crippen LogP contribution in [-0.2, 0) is 14.8 Å². The van der Waals surface area contributed by atoms with E-state index in [2.05, 4.69) is 15.2 Å². The van der Waals surface area contributed by atoms with Gasteiger partial charge in [-0.05, 0) is 30.3 Å². The van der Waals surface area contributed by atoms with Gasteiger partial charge in [0.15, 0.2) is 5.76 Å². The highest BCUT2D eigenvalue weighted by Crippen LogP contribution is 2.33. The second-order valence-corrected chi connectivity index (χ2v) is 8.69. The summed E-state index contributed by atoms with van der Waals surface area (Å²) in [6.07, 6.45) is 1.92. The molecule has 0 saturated carbocycles. The maximum atomic E-state index is 12.8. The first kappa shape index (κ1) is 17.6. The average Bonchev–Trinajstić information content (AvgIpc) is 3.11. The van der Waals surface area contributed by atoms with Crippen LogP contribution in [-0.4, -0.2) is 25.2 Å². The van der Waals surface area contributed by atoms with Crippen molar-refractivity contribution in [1.29, 1.82) is 0 Å². The van der Waals surface area contributed by atoms with E-state index in [0.29, 0.717) is 34.9 Å². The third-order valence-electron chi connectivity index (χ3n) is 3.96. The predicted octanol–water partition coefficient (Wildman–Crippen LogP) is 3.58. The van der Waals surface area contributed by atoms with E-state index in [1.807, 2.05) is 0 Å². The molecular weight excluding hydrogens is 386 g/mol. The zero-order valence-corrected chi connectivity index (χ0v) is 15.6. The van der Waals surface area contributed by atoms with Crippen LogP contribution in [0.15, 0.2) is 69.0 Å². The standard InChI is InChI=1S/C18H15N3O4S2/c22-18-7-9-26-17-5-4-14(11-15(17)20-18)27(23,24)21-13-3-1-2-12(10-13)16-6-8-19-25-16/h1-6,8,10-11,21H,7,9H2,(H,20,22). The molecule has 1 aromatic heterocycles. The molecule has 0 saturated heterocycles. The molecule has 0 bridgehead atoms. The molecule has 2 heterocycles. The molecule has 0 radical (unpaired) electrons. The van der Waals surface area contributed by atoms with Gasteiger partial charge in [-0.1, -0.05) is 17.3 Å². The lowest BCUT2D eigenvalue weighted by atomic mass is 10.1. The Balaban J connectivity index is 1.63. The molecule has 0 atom stereocenters. The van der Waals surface area contributed by atoms with Gasteiger partial charge in [0.05, 0.1) is 16.8 Å². The number of sulfonamides is 1. The van der Waals surface area contributed by atoms with E-state index in [0.717, 1.165) is 4.90 Å². The molecule has 3 aromatic rings. The van der Waals surface area contributed by atoms with Gasteiger partial charge < -0.3 is 9.84 Å². The smallest absolute Gasteiger partial charge is 0.261 e. The number of carbonyl (C=O) groups excluding carboxylic acids is 1. The van der Waals surface area contributed by atoms with Crippen molar-refractivity contribution < 1.29 is 17.7 Å². The summed E-state index contributed by atoms with van der Waals surface area (Å²) in [5.41, 5.74) is 1.62. The van der Waals surface area contributed by atoms with Crippen molar-refractivity contribution in [2.45, 2.75) is 16.2 Å². The Bertz CT molecular complexity index is 1100. The highest BCUT2D eigenvalue weighted by molar-refractivity contribution is 7.99. The Labute approximate surface area is 160 Å². The van der Waals surface area contributed by atoms with Crippen LogP contribution in [0.4, 0.5) is 11.4 Å². The summed E-state index contributed by atoms with van der Waals surface area (Å²) in [7, 11) is -3.82. The summed E-state index contributed by atoms with van der Waals surface area (Å²) >= 11 is 1.52. The van der Waals surface area contributed by atoms with E-state index in [1.54, 1.807) is 36.4 Å². The van der Waals surface area contributed by atoms with Gasteiger partial charge in [0.25, 0.3) is 10.0 Å². The Kier molecular flexibility index (Phi) is 4.63. The lowest BCUT2D eigenvalue weighted by Gasteiger charge is -2.12. The molecule has 0 aliphatic carbocycles. The van der Waals surface area contributed by atoms with E-state index in [-0.39, 0.29) is 10.8 Å². The minimum atomic E-state index is -3.82. The summed E-state index contributed by atoms with van der Waals surface area (Å²) in [6.45, 7) is 0. The van der Waals surface area contributed by atoms with Crippen molar-refractivity contribution in [3.8, 4) is 11.3 Å². The first-order chi connectivity index (χ1) is 13.0. The molecule has 27 heavy (non-hydrogen) atoms. The molecular formula is C18H15N3O4S2. The summed E-state index contributed by atoms with van der Waals surface area (Å²) in [5.74, 6) is 1.08. The fraction of sp³-hybridized carbons (Fsp3) is 0.111. The molecule has 9 heteroatoms. The highest BCUT2D eigenvalue weighted by Gasteiger charge is 2.19. The minimum absolute atomic E-state index is 0.0779. The van der Waals surface area contributed by atoms with Gasteiger partial charge >= 0.3 is 0 Å². The molecule has 1 amide bonds. The van der Waals surface area contributed by atoms with Gasteiger partial charge in [0, 0.05) is 34.4 Å². The number of carbonyl (C=O) groups is 1. The number of amides is 1. The molecule has 2 N–H and O–H groups in total. The van der Waals surface area contributed by atoms with Crippen molar-refractivity contribution >= 4 is 39.1 Å². The van der Waals surface area contributed by atoms with Gasteiger partial charge in [-0.25, -0.2) is 8.42 Å². The third kappa shape index (κ3) is 3.83. The molecule has 4 rings (SSSR count). The Morgan fingerprint density at radius 2 is 2.04 bits per heavy atom. The van der Waals surface area contributed by atoms with Gasteiger partial charge in [-0.15, -0.1) is 11.8 Å². The van der Waals surface area contributed by atoms with E-state index in [1.165, 1.54) is 30.1 Å². The average molecular weight is 401 g/mol. The zero-order valence-electron chi connectivity index (χ0n) is 14.0.